The molecule has 2 aliphatic rings. The van der Waals surface area contributed by atoms with Gasteiger partial charge < -0.3 is 9.32 Å². The van der Waals surface area contributed by atoms with E-state index in [2.05, 4.69) is 255 Å². The molecule has 0 atom stereocenters. The summed E-state index contributed by atoms with van der Waals surface area (Å²) >= 11 is 0. The lowest BCUT2D eigenvalue weighted by atomic mass is 9.55. The number of rotatable bonds is 6. The van der Waals surface area contributed by atoms with Gasteiger partial charge in [-0.1, -0.05) is 220 Å². The van der Waals surface area contributed by atoms with E-state index in [0.29, 0.717) is 0 Å². The molecule has 10 aromatic carbocycles. The minimum atomic E-state index is -0.480. The molecule has 2 heteroatoms. The van der Waals surface area contributed by atoms with Gasteiger partial charge >= 0.3 is 0 Å². The van der Waals surface area contributed by atoms with Crippen molar-refractivity contribution in [3.63, 3.8) is 0 Å². The number of anilines is 3. The number of para-hydroxylation sites is 2. The summed E-state index contributed by atoms with van der Waals surface area (Å²) in [5, 5.41) is 2.18. The number of benzene rings is 10. The van der Waals surface area contributed by atoms with E-state index in [4.69, 9.17) is 4.42 Å². The lowest BCUT2D eigenvalue weighted by Crippen LogP contribution is -2.40. The van der Waals surface area contributed by atoms with Crippen molar-refractivity contribution in [2.24, 2.45) is 0 Å². The van der Waals surface area contributed by atoms with Crippen molar-refractivity contribution in [3.8, 4) is 44.5 Å². The molecule has 11 aromatic rings. The highest BCUT2D eigenvalue weighted by atomic mass is 16.3. The number of furan rings is 1. The average molecular weight is 844 g/mol. The van der Waals surface area contributed by atoms with Crippen LogP contribution in [0.1, 0.15) is 47.2 Å². The van der Waals surface area contributed by atoms with E-state index in [1.165, 1.54) is 72.3 Å². The first-order chi connectivity index (χ1) is 32.5. The molecule has 1 spiro atoms. The third kappa shape index (κ3) is 5.48. The van der Waals surface area contributed by atoms with Gasteiger partial charge in [0.15, 0.2) is 5.58 Å². The zero-order chi connectivity index (χ0) is 44.0. The third-order valence-corrected chi connectivity index (χ3v) is 14.6. The minimum Gasteiger partial charge on any atom is -0.453 e. The molecule has 0 saturated carbocycles. The summed E-state index contributed by atoms with van der Waals surface area (Å²) in [7, 11) is 0. The van der Waals surface area contributed by atoms with Crippen LogP contribution in [0.15, 0.2) is 241 Å². The maximum absolute atomic E-state index is 7.36. The zero-order valence-corrected chi connectivity index (χ0v) is 36.9. The first kappa shape index (κ1) is 38.3. The second kappa shape index (κ2) is 14.7. The Morgan fingerprint density at radius 1 is 0.318 bits per heavy atom. The largest absolute Gasteiger partial charge is 0.453 e. The third-order valence-electron chi connectivity index (χ3n) is 14.6. The van der Waals surface area contributed by atoms with E-state index in [1.54, 1.807) is 0 Å². The van der Waals surface area contributed by atoms with Crippen LogP contribution in [0.3, 0.4) is 0 Å². The Morgan fingerprint density at radius 2 is 0.742 bits per heavy atom. The second-order valence-corrected chi connectivity index (χ2v) is 18.3. The summed E-state index contributed by atoms with van der Waals surface area (Å²) in [4.78, 5) is 2.34. The maximum atomic E-state index is 7.36. The maximum Gasteiger partial charge on any atom is 0.159 e. The number of hydrogen-bond donors (Lipinski definition) is 0. The van der Waals surface area contributed by atoms with E-state index in [0.717, 1.165) is 44.6 Å². The highest BCUT2D eigenvalue weighted by molar-refractivity contribution is 6.15. The Balaban J connectivity index is 1.02. The zero-order valence-electron chi connectivity index (χ0n) is 36.9. The standard InChI is InChI=1S/C64H45NO/c1-63(2)54-28-11-13-30-56(54)64(57-31-14-12-29-55(57)63)53-27-10-9-22-52(53)60-48(23-16-32-58(60)64)49-24-15-25-50-51-26-17-33-59(62(51)66-61(49)50)65(46-38-34-44(35-39-46)42-18-5-3-6-19-42)47-40-36-45(37-41-47)43-20-7-4-8-21-43/h3-41H,1-2H3. The average Bonchev–Trinajstić information content (AvgIpc) is 3.92. The van der Waals surface area contributed by atoms with Crippen molar-refractivity contribution >= 4 is 39.0 Å². The second-order valence-electron chi connectivity index (χ2n) is 18.3. The lowest BCUT2D eigenvalue weighted by molar-refractivity contribution is 0.563. The molecule has 0 N–H and O–H groups in total. The Labute approximate surface area is 385 Å². The van der Waals surface area contributed by atoms with Crippen molar-refractivity contribution in [1.29, 1.82) is 0 Å². The van der Waals surface area contributed by atoms with Crippen molar-refractivity contribution in [3.05, 3.63) is 270 Å². The molecule has 2 nitrogen and oxygen atoms in total. The van der Waals surface area contributed by atoms with Gasteiger partial charge in [0.25, 0.3) is 0 Å². The SMILES string of the molecule is CC1(C)c2ccccc2C2(c3ccccc3-c3c(-c4cccc5c4oc4c(N(c6ccc(-c7ccccc7)cc6)c6ccc(-c7ccccc7)cc6)cccc45)cccc32)c2ccccc21. The normalized spacial score (nSPS) is 13.8. The molecule has 0 fully saturated rings. The van der Waals surface area contributed by atoms with Crippen molar-refractivity contribution in [2.45, 2.75) is 24.7 Å². The van der Waals surface area contributed by atoms with Crippen LogP contribution in [0, 0.1) is 0 Å². The Bertz CT molecular complexity index is 3520. The van der Waals surface area contributed by atoms with E-state index in [-0.39, 0.29) is 5.41 Å². The predicted octanol–water partition coefficient (Wildman–Crippen LogP) is 17.1. The van der Waals surface area contributed by atoms with E-state index in [9.17, 15) is 0 Å². The Morgan fingerprint density at radius 3 is 1.33 bits per heavy atom. The molecule has 0 saturated heterocycles. The van der Waals surface area contributed by atoms with Gasteiger partial charge in [0.05, 0.1) is 11.1 Å². The van der Waals surface area contributed by atoms with Gasteiger partial charge in [-0.25, -0.2) is 0 Å². The van der Waals surface area contributed by atoms with Crippen LogP contribution in [-0.2, 0) is 10.8 Å². The van der Waals surface area contributed by atoms with Gasteiger partial charge in [-0.15, -0.1) is 0 Å². The molecule has 13 rings (SSSR count). The number of nitrogens with zero attached hydrogens (tertiary/aromatic N) is 1. The fraction of sp³-hybridized carbons (Fsp3) is 0.0625. The molecule has 2 aliphatic carbocycles. The monoisotopic (exact) mass is 843 g/mol. The molecule has 312 valence electrons. The smallest absolute Gasteiger partial charge is 0.159 e. The number of fused-ring (bicyclic) bond motifs is 12. The summed E-state index contributed by atoms with van der Waals surface area (Å²) in [5.74, 6) is 0. The first-order valence-corrected chi connectivity index (χ1v) is 23.0. The Hall–Kier alpha value is -8.20. The minimum absolute atomic E-state index is 0.160. The number of hydrogen-bond acceptors (Lipinski definition) is 2. The summed E-state index contributed by atoms with van der Waals surface area (Å²) < 4.78 is 7.36. The summed E-state index contributed by atoms with van der Waals surface area (Å²) in [5.41, 5.74) is 21.8. The van der Waals surface area contributed by atoms with Crippen LogP contribution in [0.4, 0.5) is 17.1 Å². The van der Waals surface area contributed by atoms with Gasteiger partial charge in [-0.05, 0) is 103 Å². The van der Waals surface area contributed by atoms with Gasteiger partial charge in [0.1, 0.15) is 5.58 Å². The van der Waals surface area contributed by atoms with Gasteiger partial charge in [-0.2, -0.15) is 0 Å². The molecular weight excluding hydrogens is 799 g/mol. The van der Waals surface area contributed by atoms with E-state index < -0.39 is 5.41 Å². The highest BCUT2D eigenvalue weighted by Gasteiger charge is 2.53. The summed E-state index contributed by atoms with van der Waals surface area (Å²) in [6.45, 7) is 4.76. The first-order valence-electron chi connectivity index (χ1n) is 23.0. The van der Waals surface area contributed by atoms with Crippen molar-refractivity contribution < 1.29 is 4.42 Å². The Kier molecular flexibility index (Phi) is 8.51. The topological polar surface area (TPSA) is 16.4 Å². The molecule has 1 heterocycles. The molecule has 0 bridgehead atoms. The molecule has 1 aromatic heterocycles. The predicted molar refractivity (Wildman–Crippen MR) is 274 cm³/mol. The summed E-state index contributed by atoms with van der Waals surface area (Å²) in [6.07, 6.45) is 0. The molecular formula is C64H45NO. The quantitative estimate of drug-likeness (QED) is 0.166. The molecule has 0 aliphatic heterocycles. The highest BCUT2D eigenvalue weighted by Crippen LogP contribution is 2.63. The van der Waals surface area contributed by atoms with Crippen LogP contribution < -0.4 is 4.90 Å². The van der Waals surface area contributed by atoms with Crippen molar-refractivity contribution in [1.82, 2.24) is 0 Å². The lowest BCUT2D eigenvalue weighted by Gasteiger charge is -2.46. The van der Waals surface area contributed by atoms with Crippen LogP contribution in [0.2, 0.25) is 0 Å². The van der Waals surface area contributed by atoms with E-state index >= 15 is 0 Å². The van der Waals surface area contributed by atoms with Gasteiger partial charge in [-0.3, -0.25) is 0 Å². The van der Waals surface area contributed by atoms with Crippen LogP contribution in [-0.4, -0.2) is 0 Å². The van der Waals surface area contributed by atoms with Crippen molar-refractivity contribution in [2.75, 3.05) is 4.90 Å². The molecule has 66 heavy (non-hydrogen) atoms. The van der Waals surface area contributed by atoms with E-state index in [1.807, 2.05) is 0 Å². The van der Waals surface area contributed by atoms with Crippen LogP contribution in [0.5, 0.6) is 0 Å². The van der Waals surface area contributed by atoms with Gasteiger partial charge in [0, 0.05) is 33.1 Å². The molecule has 0 amide bonds. The fourth-order valence-corrected chi connectivity index (χ4v) is 11.6. The van der Waals surface area contributed by atoms with Crippen LogP contribution >= 0.6 is 0 Å². The fourth-order valence-electron chi connectivity index (χ4n) is 11.6. The summed E-state index contributed by atoms with van der Waals surface area (Å²) in [6, 6.07) is 86.6. The molecule has 0 unspecified atom stereocenters. The van der Waals surface area contributed by atoms with Crippen LogP contribution in [0.25, 0.3) is 66.4 Å². The molecule has 0 radical (unpaired) electrons. The van der Waals surface area contributed by atoms with Gasteiger partial charge in [0.2, 0.25) is 0 Å².